The second kappa shape index (κ2) is 2.50. The Morgan fingerprint density at radius 3 is 2.38 bits per heavy atom. The summed E-state index contributed by atoms with van der Waals surface area (Å²) in [5.74, 6) is -0.459. The van der Waals surface area contributed by atoms with Gasteiger partial charge in [0.2, 0.25) is 0 Å². The van der Waals surface area contributed by atoms with Crippen LogP contribution in [0.15, 0.2) is 0 Å². The minimum Gasteiger partial charge on any atom is -0.343 e. The van der Waals surface area contributed by atoms with Gasteiger partial charge in [0.05, 0.1) is 16.0 Å². The second-order valence-corrected chi connectivity index (χ2v) is 6.74. The first-order valence-corrected chi connectivity index (χ1v) is 5.63. The fraction of sp³-hybridized carbons (Fsp3) is 1.00. The van der Waals surface area contributed by atoms with Crippen LogP contribution in [-0.2, 0) is 9.47 Å². The van der Waals surface area contributed by atoms with Crippen molar-refractivity contribution in [3.8, 4) is 0 Å². The van der Waals surface area contributed by atoms with Crippen molar-refractivity contribution in [2.75, 3.05) is 0 Å². The molecule has 0 aliphatic carbocycles. The van der Waals surface area contributed by atoms with E-state index >= 15 is 0 Å². The molecule has 13 heavy (non-hydrogen) atoms. The maximum atomic E-state index is 6.01. The molecule has 0 aromatic rings. The van der Waals surface area contributed by atoms with E-state index in [-0.39, 0.29) is 16.0 Å². The SMILES string of the molecule is CC1(C)O[C@@]2(C)O[C@@H]1CC[C@]2(C)Br. The minimum absolute atomic E-state index is 0.0513. The van der Waals surface area contributed by atoms with E-state index in [1.54, 1.807) is 0 Å². The fourth-order valence-electron chi connectivity index (χ4n) is 2.27. The van der Waals surface area contributed by atoms with Crippen LogP contribution in [0.3, 0.4) is 0 Å². The molecule has 2 nitrogen and oxygen atoms in total. The lowest BCUT2D eigenvalue weighted by Gasteiger charge is -2.41. The van der Waals surface area contributed by atoms with Gasteiger partial charge in [-0.05, 0) is 40.5 Å². The molecule has 3 atom stereocenters. The number of hydrogen-bond donors (Lipinski definition) is 0. The molecule has 2 aliphatic heterocycles. The van der Waals surface area contributed by atoms with Crippen molar-refractivity contribution in [3.05, 3.63) is 0 Å². The van der Waals surface area contributed by atoms with Crippen molar-refractivity contribution in [2.24, 2.45) is 0 Å². The lowest BCUT2D eigenvalue weighted by atomic mass is 9.90. The van der Waals surface area contributed by atoms with Crippen molar-refractivity contribution in [2.45, 2.75) is 62.4 Å². The third-order valence-corrected chi connectivity index (χ3v) is 4.54. The van der Waals surface area contributed by atoms with Crippen LogP contribution >= 0.6 is 15.9 Å². The maximum absolute atomic E-state index is 6.01. The molecular formula is C10H17BrO2. The van der Waals surface area contributed by atoms with Gasteiger partial charge in [-0.3, -0.25) is 0 Å². The van der Waals surface area contributed by atoms with E-state index in [0.29, 0.717) is 0 Å². The molecule has 2 saturated heterocycles. The molecule has 0 N–H and O–H groups in total. The standard InChI is InChI=1S/C10H17BrO2/c1-8(2)7-5-6-9(3,11)10(4,12-7)13-8/h7H,5-6H2,1-4H3/t7-,9+,10-/m1/s1. The van der Waals surface area contributed by atoms with E-state index in [1.165, 1.54) is 0 Å². The number of hydrogen-bond acceptors (Lipinski definition) is 2. The predicted molar refractivity (Wildman–Crippen MR) is 55.0 cm³/mol. The molecule has 3 heteroatoms. The highest BCUT2D eigenvalue weighted by molar-refractivity contribution is 9.10. The summed E-state index contributed by atoms with van der Waals surface area (Å²) in [7, 11) is 0. The first kappa shape index (κ1) is 9.94. The van der Waals surface area contributed by atoms with E-state index in [1.807, 2.05) is 6.92 Å². The summed E-state index contributed by atoms with van der Waals surface area (Å²) in [5.41, 5.74) is -0.139. The third-order valence-electron chi connectivity index (χ3n) is 3.42. The molecule has 2 bridgehead atoms. The van der Waals surface area contributed by atoms with Crippen molar-refractivity contribution >= 4 is 15.9 Å². The highest BCUT2D eigenvalue weighted by Crippen LogP contribution is 2.53. The predicted octanol–water partition coefficient (Wildman–Crippen LogP) is 2.84. The zero-order valence-electron chi connectivity index (χ0n) is 8.69. The van der Waals surface area contributed by atoms with E-state index in [0.717, 1.165) is 12.8 Å². The summed E-state index contributed by atoms with van der Waals surface area (Å²) in [6, 6.07) is 0. The lowest BCUT2D eigenvalue weighted by molar-refractivity contribution is -0.202. The van der Waals surface area contributed by atoms with Gasteiger partial charge in [0.1, 0.15) is 0 Å². The van der Waals surface area contributed by atoms with Gasteiger partial charge in [-0.15, -0.1) is 0 Å². The van der Waals surface area contributed by atoms with E-state index in [9.17, 15) is 0 Å². The van der Waals surface area contributed by atoms with Crippen LogP contribution in [0, 0.1) is 0 Å². The Balaban J connectivity index is 2.34. The Bertz CT molecular complexity index is 237. The molecule has 0 radical (unpaired) electrons. The van der Waals surface area contributed by atoms with Gasteiger partial charge in [0.25, 0.3) is 0 Å². The smallest absolute Gasteiger partial charge is 0.181 e. The first-order valence-electron chi connectivity index (χ1n) is 4.84. The highest BCUT2D eigenvalue weighted by Gasteiger charge is 2.60. The zero-order chi connectivity index (χ0) is 9.91. The van der Waals surface area contributed by atoms with Crippen molar-refractivity contribution in [3.63, 3.8) is 0 Å². The molecule has 2 heterocycles. The summed E-state index contributed by atoms with van der Waals surface area (Å²) < 4.78 is 11.9. The number of fused-ring (bicyclic) bond motifs is 2. The van der Waals surface area contributed by atoms with E-state index < -0.39 is 5.79 Å². The molecule has 0 saturated carbocycles. The molecule has 0 unspecified atom stereocenters. The Labute approximate surface area is 88.1 Å². The van der Waals surface area contributed by atoms with Gasteiger partial charge in [0, 0.05) is 0 Å². The van der Waals surface area contributed by atoms with Crippen LogP contribution in [0.2, 0.25) is 0 Å². The van der Waals surface area contributed by atoms with Crippen LogP contribution in [-0.4, -0.2) is 21.8 Å². The molecule has 0 amide bonds. The summed E-state index contributed by atoms with van der Waals surface area (Å²) in [5, 5.41) is 0. The average molecular weight is 249 g/mol. The third kappa shape index (κ3) is 1.28. The van der Waals surface area contributed by atoms with Crippen molar-refractivity contribution in [1.29, 1.82) is 0 Å². The van der Waals surface area contributed by atoms with Gasteiger partial charge in [0.15, 0.2) is 5.79 Å². The van der Waals surface area contributed by atoms with Gasteiger partial charge >= 0.3 is 0 Å². The van der Waals surface area contributed by atoms with E-state index in [4.69, 9.17) is 9.47 Å². The quantitative estimate of drug-likeness (QED) is 0.614. The molecule has 0 spiro atoms. The summed E-state index contributed by atoms with van der Waals surface area (Å²) in [4.78, 5) is 0. The maximum Gasteiger partial charge on any atom is 0.181 e. The van der Waals surface area contributed by atoms with Gasteiger partial charge in [-0.1, -0.05) is 15.9 Å². The Hall–Kier alpha value is 0.400. The fourth-order valence-corrected chi connectivity index (χ4v) is 2.67. The Morgan fingerprint density at radius 1 is 1.23 bits per heavy atom. The number of rotatable bonds is 0. The molecule has 76 valence electrons. The van der Waals surface area contributed by atoms with Gasteiger partial charge in [-0.2, -0.15) is 0 Å². The summed E-state index contributed by atoms with van der Waals surface area (Å²) in [6.45, 7) is 8.39. The number of ether oxygens (including phenoxy) is 2. The van der Waals surface area contributed by atoms with Crippen LogP contribution in [0.25, 0.3) is 0 Å². The molecule has 0 aromatic heterocycles. The average Bonchev–Trinajstić information content (AvgIpc) is 2.14. The molecule has 2 rings (SSSR count). The van der Waals surface area contributed by atoms with Crippen LogP contribution in [0.5, 0.6) is 0 Å². The lowest BCUT2D eigenvalue weighted by Crippen LogP contribution is -2.49. The normalized spacial score (nSPS) is 53.8. The Morgan fingerprint density at radius 2 is 1.85 bits per heavy atom. The van der Waals surface area contributed by atoms with Crippen LogP contribution < -0.4 is 0 Å². The highest BCUT2D eigenvalue weighted by atomic mass is 79.9. The van der Waals surface area contributed by atoms with E-state index in [2.05, 4.69) is 36.7 Å². The largest absolute Gasteiger partial charge is 0.343 e. The number of halogens is 1. The Kier molecular flexibility index (Phi) is 1.91. The number of alkyl halides is 1. The second-order valence-electron chi connectivity index (χ2n) is 4.99. The summed E-state index contributed by atoms with van der Waals surface area (Å²) >= 11 is 3.70. The zero-order valence-corrected chi connectivity index (χ0v) is 10.3. The topological polar surface area (TPSA) is 18.5 Å². The molecule has 2 aliphatic rings. The van der Waals surface area contributed by atoms with Gasteiger partial charge in [-0.25, -0.2) is 0 Å². The monoisotopic (exact) mass is 248 g/mol. The van der Waals surface area contributed by atoms with Crippen LogP contribution in [0.1, 0.15) is 40.5 Å². The van der Waals surface area contributed by atoms with Crippen LogP contribution in [0.4, 0.5) is 0 Å². The summed E-state index contributed by atoms with van der Waals surface area (Å²) in [6.07, 6.45) is 2.44. The molecule has 0 aromatic carbocycles. The minimum atomic E-state index is -0.459. The first-order chi connectivity index (χ1) is 5.77. The van der Waals surface area contributed by atoms with Crippen molar-refractivity contribution in [1.82, 2.24) is 0 Å². The molecular weight excluding hydrogens is 232 g/mol. The molecule has 2 fully saturated rings. The van der Waals surface area contributed by atoms with Crippen molar-refractivity contribution < 1.29 is 9.47 Å². The van der Waals surface area contributed by atoms with Gasteiger partial charge < -0.3 is 9.47 Å².